The summed E-state index contributed by atoms with van der Waals surface area (Å²) >= 11 is 0. The fraction of sp³-hybridized carbons (Fsp3) is 0.200. The van der Waals surface area contributed by atoms with Crippen LogP contribution in [0.4, 0.5) is 18.9 Å². The molecule has 0 aliphatic carbocycles. The lowest BCUT2D eigenvalue weighted by Gasteiger charge is -1.98. The SMILES string of the molecule is Nc1cccc(Cc2nc(C(F)(F)F)no2)c1. The first-order valence-electron chi connectivity index (χ1n) is 4.69. The summed E-state index contributed by atoms with van der Waals surface area (Å²) < 4.78 is 41.1. The molecular formula is C10H8F3N3O. The molecular weight excluding hydrogens is 235 g/mol. The van der Waals surface area contributed by atoms with Crippen LogP contribution in [-0.4, -0.2) is 10.1 Å². The molecule has 2 aromatic rings. The van der Waals surface area contributed by atoms with Gasteiger partial charge in [-0.05, 0) is 17.7 Å². The molecule has 4 nitrogen and oxygen atoms in total. The molecule has 0 spiro atoms. The molecule has 1 aromatic heterocycles. The van der Waals surface area contributed by atoms with E-state index >= 15 is 0 Å². The molecule has 0 amide bonds. The van der Waals surface area contributed by atoms with Crippen molar-refractivity contribution in [1.29, 1.82) is 0 Å². The number of hydrogen-bond acceptors (Lipinski definition) is 4. The second kappa shape index (κ2) is 4.08. The summed E-state index contributed by atoms with van der Waals surface area (Å²) in [6.45, 7) is 0. The summed E-state index contributed by atoms with van der Waals surface area (Å²) in [4.78, 5) is 3.26. The third-order valence-corrected chi connectivity index (χ3v) is 2.03. The fourth-order valence-corrected chi connectivity index (χ4v) is 1.32. The van der Waals surface area contributed by atoms with E-state index in [2.05, 4.69) is 14.7 Å². The van der Waals surface area contributed by atoms with Crippen molar-refractivity contribution in [2.45, 2.75) is 12.6 Å². The summed E-state index contributed by atoms with van der Waals surface area (Å²) in [6, 6.07) is 6.73. The second-order valence-electron chi connectivity index (χ2n) is 3.43. The predicted octanol–water partition coefficient (Wildman–Crippen LogP) is 2.26. The van der Waals surface area contributed by atoms with E-state index in [9.17, 15) is 13.2 Å². The van der Waals surface area contributed by atoms with Gasteiger partial charge in [0.2, 0.25) is 5.89 Å². The fourth-order valence-electron chi connectivity index (χ4n) is 1.32. The Labute approximate surface area is 94.2 Å². The van der Waals surface area contributed by atoms with E-state index in [0.29, 0.717) is 11.3 Å². The maximum Gasteiger partial charge on any atom is 0.455 e. The first kappa shape index (κ1) is 11.4. The van der Waals surface area contributed by atoms with E-state index in [1.165, 1.54) is 0 Å². The monoisotopic (exact) mass is 243 g/mol. The third kappa shape index (κ3) is 2.74. The Hall–Kier alpha value is -2.05. The quantitative estimate of drug-likeness (QED) is 0.821. The number of halogens is 3. The Morgan fingerprint density at radius 2 is 2.06 bits per heavy atom. The molecule has 90 valence electrons. The van der Waals surface area contributed by atoms with Gasteiger partial charge in [-0.2, -0.15) is 18.2 Å². The number of nitrogens with two attached hydrogens (primary N) is 1. The van der Waals surface area contributed by atoms with E-state index < -0.39 is 12.0 Å². The molecule has 0 saturated carbocycles. The second-order valence-corrected chi connectivity index (χ2v) is 3.43. The summed E-state index contributed by atoms with van der Waals surface area (Å²) in [7, 11) is 0. The molecule has 0 aliphatic rings. The Kier molecular flexibility index (Phi) is 2.74. The van der Waals surface area contributed by atoms with Gasteiger partial charge in [-0.25, -0.2) is 0 Å². The van der Waals surface area contributed by atoms with Crippen molar-refractivity contribution >= 4 is 5.69 Å². The zero-order chi connectivity index (χ0) is 12.5. The zero-order valence-corrected chi connectivity index (χ0v) is 8.53. The average Bonchev–Trinajstić information content (AvgIpc) is 2.65. The van der Waals surface area contributed by atoms with Crippen LogP contribution >= 0.6 is 0 Å². The van der Waals surface area contributed by atoms with Gasteiger partial charge in [0.1, 0.15) is 0 Å². The van der Waals surface area contributed by atoms with Crippen LogP contribution in [0, 0.1) is 0 Å². The van der Waals surface area contributed by atoms with Crippen LogP contribution in [0.15, 0.2) is 28.8 Å². The maximum absolute atomic E-state index is 12.2. The van der Waals surface area contributed by atoms with Crippen LogP contribution in [0.25, 0.3) is 0 Å². The van der Waals surface area contributed by atoms with Crippen LogP contribution in [-0.2, 0) is 12.6 Å². The van der Waals surface area contributed by atoms with Crippen molar-refractivity contribution in [3.63, 3.8) is 0 Å². The largest absolute Gasteiger partial charge is 0.455 e. The molecule has 0 atom stereocenters. The van der Waals surface area contributed by atoms with E-state index in [4.69, 9.17) is 5.73 Å². The van der Waals surface area contributed by atoms with Crippen molar-refractivity contribution in [3.05, 3.63) is 41.5 Å². The highest BCUT2D eigenvalue weighted by Crippen LogP contribution is 2.26. The summed E-state index contributed by atoms with van der Waals surface area (Å²) in [5, 5.41) is 2.86. The van der Waals surface area contributed by atoms with E-state index in [1.54, 1.807) is 24.3 Å². The number of aromatic nitrogens is 2. The highest BCUT2D eigenvalue weighted by molar-refractivity contribution is 5.41. The molecule has 2 N–H and O–H groups in total. The highest BCUT2D eigenvalue weighted by Gasteiger charge is 2.37. The van der Waals surface area contributed by atoms with Gasteiger partial charge in [-0.3, -0.25) is 0 Å². The number of anilines is 1. The number of benzene rings is 1. The standard InChI is InChI=1S/C10H8F3N3O/c11-10(12,13)9-15-8(17-16-9)5-6-2-1-3-7(14)4-6/h1-4H,5,14H2. The Balaban J connectivity index is 2.17. The Morgan fingerprint density at radius 3 is 2.65 bits per heavy atom. The molecule has 1 heterocycles. The van der Waals surface area contributed by atoms with Crippen LogP contribution in [0.1, 0.15) is 17.3 Å². The molecule has 1 aromatic carbocycles. The van der Waals surface area contributed by atoms with Crippen LogP contribution in [0.5, 0.6) is 0 Å². The summed E-state index contributed by atoms with van der Waals surface area (Å²) in [5.74, 6) is -1.36. The van der Waals surface area contributed by atoms with Crippen molar-refractivity contribution in [2.75, 3.05) is 5.73 Å². The van der Waals surface area contributed by atoms with E-state index in [-0.39, 0.29) is 12.3 Å². The molecule has 0 unspecified atom stereocenters. The van der Waals surface area contributed by atoms with Gasteiger partial charge in [0, 0.05) is 5.69 Å². The summed E-state index contributed by atoms with van der Waals surface area (Å²) in [5.41, 5.74) is 6.78. The molecule has 0 saturated heterocycles. The van der Waals surface area contributed by atoms with Crippen LogP contribution in [0.3, 0.4) is 0 Å². The van der Waals surface area contributed by atoms with Gasteiger partial charge in [0.25, 0.3) is 5.82 Å². The van der Waals surface area contributed by atoms with Crippen molar-refractivity contribution in [1.82, 2.24) is 10.1 Å². The smallest absolute Gasteiger partial charge is 0.399 e. The molecule has 2 rings (SSSR count). The van der Waals surface area contributed by atoms with E-state index in [1.807, 2.05) is 0 Å². The lowest BCUT2D eigenvalue weighted by molar-refractivity contribution is -0.146. The normalized spacial score (nSPS) is 11.7. The van der Waals surface area contributed by atoms with Crippen LogP contribution in [0.2, 0.25) is 0 Å². The number of nitrogens with zero attached hydrogens (tertiary/aromatic N) is 2. The molecule has 0 bridgehead atoms. The number of hydrogen-bond donors (Lipinski definition) is 1. The van der Waals surface area contributed by atoms with Gasteiger partial charge < -0.3 is 10.3 Å². The third-order valence-electron chi connectivity index (χ3n) is 2.03. The minimum Gasteiger partial charge on any atom is -0.399 e. The zero-order valence-electron chi connectivity index (χ0n) is 8.53. The predicted molar refractivity (Wildman–Crippen MR) is 53.0 cm³/mol. The number of nitrogen functional groups attached to an aromatic ring is 1. The van der Waals surface area contributed by atoms with Crippen molar-refractivity contribution < 1.29 is 17.7 Å². The minimum absolute atomic E-state index is 0.0945. The lowest BCUT2D eigenvalue weighted by Crippen LogP contribution is -2.07. The lowest BCUT2D eigenvalue weighted by atomic mass is 10.1. The van der Waals surface area contributed by atoms with Gasteiger partial charge >= 0.3 is 6.18 Å². The van der Waals surface area contributed by atoms with Gasteiger partial charge in [-0.1, -0.05) is 17.3 Å². The molecule has 0 fully saturated rings. The minimum atomic E-state index is -4.59. The Bertz CT molecular complexity index is 522. The van der Waals surface area contributed by atoms with Gasteiger partial charge in [0.15, 0.2) is 0 Å². The van der Waals surface area contributed by atoms with Crippen molar-refractivity contribution in [2.24, 2.45) is 0 Å². The molecule has 17 heavy (non-hydrogen) atoms. The first-order valence-corrected chi connectivity index (χ1v) is 4.69. The molecule has 0 radical (unpaired) electrons. The van der Waals surface area contributed by atoms with Gasteiger partial charge in [0.05, 0.1) is 6.42 Å². The average molecular weight is 243 g/mol. The van der Waals surface area contributed by atoms with Crippen molar-refractivity contribution in [3.8, 4) is 0 Å². The first-order chi connectivity index (χ1) is 7.95. The Morgan fingerprint density at radius 1 is 1.29 bits per heavy atom. The molecule has 0 aliphatic heterocycles. The van der Waals surface area contributed by atoms with Gasteiger partial charge in [-0.15, -0.1) is 0 Å². The number of alkyl halides is 3. The molecule has 7 heteroatoms. The summed E-state index contributed by atoms with van der Waals surface area (Å²) in [6.07, 6.45) is -4.47. The number of rotatable bonds is 2. The van der Waals surface area contributed by atoms with Crippen LogP contribution < -0.4 is 5.73 Å². The maximum atomic E-state index is 12.2. The highest BCUT2D eigenvalue weighted by atomic mass is 19.4. The topological polar surface area (TPSA) is 64.9 Å². The van der Waals surface area contributed by atoms with E-state index in [0.717, 1.165) is 0 Å².